The van der Waals surface area contributed by atoms with Gasteiger partial charge in [0, 0.05) is 35.1 Å². The van der Waals surface area contributed by atoms with E-state index in [1.54, 1.807) is 12.3 Å². The number of aryl methyl sites for hydroxylation is 1. The van der Waals surface area contributed by atoms with Crippen LogP contribution in [0.3, 0.4) is 0 Å². The highest BCUT2D eigenvalue weighted by Gasteiger charge is 2.17. The van der Waals surface area contributed by atoms with E-state index in [9.17, 15) is 8.78 Å². The Morgan fingerprint density at radius 2 is 2.04 bits per heavy atom. The fourth-order valence-corrected chi connectivity index (χ4v) is 2.90. The molecule has 0 radical (unpaired) electrons. The summed E-state index contributed by atoms with van der Waals surface area (Å²) in [4.78, 5) is 4.31. The lowest BCUT2D eigenvalue weighted by atomic mass is 9.93. The molecule has 144 valence electrons. The van der Waals surface area contributed by atoms with Gasteiger partial charge in [-0.15, -0.1) is 6.58 Å². The number of nitrogens with one attached hydrogen (secondary N) is 1. The molecule has 1 unspecified atom stereocenters. The zero-order valence-electron chi connectivity index (χ0n) is 16.0. The summed E-state index contributed by atoms with van der Waals surface area (Å²) in [5.74, 6) is -0.00414. The van der Waals surface area contributed by atoms with Crippen LogP contribution in [0.4, 0.5) is 14.5 Å². The van der Waals surface area contributed by atoms with E-state index in [1.807, 2.05) is 19.9 Å². The average molecular weight is 372 g/mol. The van der Waals surface area contributed by atoms with Crippen LogP contribution in [0.25, 0.3) is 0 Å². The van der Waals surface area contributed by atoms with Gasteiger partial charge in [0.2, 0.25) is 0 Å². The lowest BCUT2D eigenvalue weighted by Crippen LogP contribution is -2.13. The van der Waals surface area contributed by atoms with Crippen LogP contribution in [0.15, 0.2) is 59.0 Å². The van der Waals surface area contributed by atoms with Gasteiger partial charge in [0.05, 0.1) is 17.1 Å². The zero-order chi connectivity index (χ0) is 19.8. The van der Waals surface area contributed by atoms with Gasteiger partial charge in [0.1, 0.15) is 0 Å². The molecular weight excluding hydrogens is 346 g/mol. The first kappa shape index (κ1) is 20.7. The fourth-order valence-electron chi connectivity index (χ4n) is 2.90. The molecule has 1 aromatic rings. The summed E-state index contributed by atoms with van der Waals surface area (Å²) >= 11 is 0. The van der Waals surface area contributed by atoms with Crippen LogP contribution in [0.1, 0.15) is 44.4 Å². The first-order valence-corrected chi connectivity index (χ1v) is 9.09. The highest BCUT2D eigenvalue weighted by molar-refractivity contribution is 6.04. The quantitative estimate of drug-likeness (QED) is 0.653. The van der Waals surface area contributed by atoms with E-state index >= 15 is 0 Å². The SMILES string of the molecule is C=CCC(CCC)C1=N/N=C(/C)c2cnc(C)cc2N/C=C/C(C(F)F)=C\1. The number of aromatic nitrogens is 1. The number of hydrogen-bond donors (Lipinski definition) is 1. The van der Waals surface area contributed by atoms with E-state index < -0.39 is 6.43 Å². The summed E-state index contributed by atoms with van der Waals surface area (Å²) in [5.41, 5.74) is 3.46. The van der Waals surface area contributed by atoms with Crippen molar-refractivity contribution in [3.05, 3.63) is 60.1 Å². The van der Waals surface area contributed by atoms with Crippen molar-refractivity contribution in [2.24, 2.45) is 16.1 Å². The molecule has 0 amide bonds. The maximum atomic E-state index is 13.5. The van der Waals surface area contributed by atoms with Crippen LogP contribution >= 0.6 is 0 Å². The van der Waals surface area contributed by atoms with Crippen LogP contribution in [-0.4, -0.2) is 22.8 Å². The lowest BCUT2D eigenvalue weighted by Gasteiger charge is -2.14. The lowest BCUT2D eigenvalue weighted by molar-refractivity contribution is 0.194. The molecule has 1 atom stereocenters. The van der Waals surface area contributed by atoms with Crippen molar-refractivity contribution < 1.29 is 8.78 Å². The van der Waals surface area contributed by atoms with E-state index in [0.717, 1.165) is 29.8 Å². The molecule has 1 aliphatic rings. The van der Waals surface area contributed by atoms with Gasteiger partial charge < -0.3 is 5.32 Å². The van der Waals surface area contributed by atoms with Crippen molar-refractivity contribution in [2.75, 3.05) is 5.32 Å². The second-order valence-corrected chi connectivity index (χ2v) is 6.51. The highest BCUT2D eigenvalue weighted by Crippen LogP contribution is 2.22. The molecule has 0 bridgehead atoms. The normalized spacial score (nSPS) is 22.7. The third kappa shape index (κ3) is 5.67. The maximum Gasteiger partial charge on any atom is 0.263 e. The number of halogens is 2. The molecule has 27 heavy (non-hydrogen) atoms. The molecule has 1 aliphatic heterocycles. The van der Waals surface area contributed by atoms with Crippen molar-refractivity contribution in [2.45, 2.75) is 46.5 Å². The van der Waals surface area contributed by atoms with Crippen molar-refractivity contribution >= 4 is 17.1 Å². The number of fused-ring (bicyclic) bond motifs is 1. The predicted octanol–water partition coefficient (Wildman–Crippen LogP) is 5.68. The summed E-state index contributed by atoms with van der Waals surface area (Å²) in [6.45, 7) is 9.54. The van der Waals surface area contributed by atoms with Crippen LogP contribution < -0.4 is 5.32 Å². The number of pyridine rings is 1. The third-order valence-corrected chi connectivity index (χ3v) is 4.33. The molecule has 1 aromatic heterocycles. The van der Waals surface area contributed by atoms with Crippen LogP contribution in [0.5, 0.6) is 0 Å². The molecule has 4 nitrogen and oxygen atoms in total. The largest absolute Gasteiger partial charge is 0.361 e. The molecule has 6 heteroatoms. The second kappa shape index (κ2) is 9.90. The topological polar surface area (TPSA) is 49.6 Å². The molecule has 0 saturated carbocycles. The Morgan fingerprint density at radius 3 is 2.70 bits per heavy atom. The molecule has 0 spiro atoms. The van der Waals surface area contributed by atoms with E-state index in [0.29, 0.717) is 17.8 Å². The minimum absolute atomic E-state index is 0.00414. The molecule has 2 rings (SSSR count). The number of hydrogen-bond acceptors (Lipinski definition) is 4. The van der Waals surface area contributed by atoms with Crippen LogP contribution in [0, 0.1) is 12.8 Å². The number of rotatable bonds is 6. The van der Waals surface area contributed by atoms with E-state index in [4.69, 9.17) is 0 Å². The van der Waals surface area contributed by atoms with Gasteiger partial charge >= 0.3 is 0 Å². The Labute approximate surface area is 159 Å². The van der Waals surface area contributed by atoms with Gasteiger partial charge in [-0.25, -0.2) is 8.78 Å². The number of alkyl halides is 2. The minimum atomic E-state index is -2.61. The zero-order valence-corrected chi connectivity index (χ0v) is 16.0. The molecule has 0 aliphatic carbocycles. The molecule has 0 aromatic carbocycles. The first-order chi connectivity index (χ1) is 13.0. The average Bonchev–Trinajstić information content (AvgIpc) is 2.65. The van der Waals surface area contributed by atoms with Crippen LogP contribution in [-0.2, 0) is 0 Å². The predicted molar refractivity (Wildman–Crippen MR) is 109 cm³/mol. The third-order valence-electron chi connectivity index (χ3n) is 4.33. The Morgan fingerprint density at radius 1 is 1.26 bits per heavy atom. The highest BCUT2D eigenvalue weighted by atomic mass is 19.3. The molecule has 0 saturated heterocycles. The van der Waals surface area contributed by atoms with Crippen molar-refractivity contribution in [3.8, 4) is 0 Å². The summed E-state index contributed by atoms with van der Waals surface area (Å²) in [7, 11) is 0. The summed E-state index contributed by atoms with van der Waals surface area (Å²) in [6.07, 6.45) is 7.66. The Kier molecular flexibility index (Phi) is 7.58. The van der Waals surface area contributed by atoms with E-state index in [1.165, 1.54) is 18.4 Å². The van der Waals surface area contributed by atoms with Crippen molar-refractivity contribution in [1.82, 2.24) is 4.98 Å². The number of nitrogens with zero attached hydrogens (tertiary/aromatic N) is 3. The standard InChI is InChI=1S/C21H26F2N4/c1-5-7-16(8-6-2)19-12-17(21(22)23)9-10-24-20-11-14(3)25-13-18(20)15(4)26-27-19/h5,9-13,16,21,24H,1,6-8H2,2-4H3/b10-9+,17-12+,26-15-,27-19+. The van der Waals surface area contributed by atoms with Gasteiger partial charge in [0.25, 0.3) is 6.43 Å². The summed E-state index contributed by atoms with van der Waals surface area (Å²) < 4.78 is 27.1. The van der Waals surface area contributed by atoms with Crippen molar-refractivity contribution in [1.29, 1.82) is 0 Å². The minimum Gasteiger partial charge on any atom is -0.361 e. The van der Waals surface area contributed by atoms with Gasteiger partial charge in [-0.05, 0) is 44.9 Å². The smallest absolute Gasteiger partial charge is 0.263 e. The Hall–Kier alpha value is -2.63. The van der Waals surface area contributed by atoms with E-state index in [-0.39, 0.29) is 11.5 Å². The van der Waals surface area contributed by atoms with Gasteiger partial charge in [-0.1, -0.05) is 19.4 Å². The maximum absolute atomic E-state index is 13.5. The first-order valence-electron chi connectivity index (χ1n) is 9.09. The second-order valence-electron chi connectivity index (χ2n) is 6.51. The monoisotopic (exact) mass is 372 g/mol. The number of allylic oxidation sites excluding steroid dienone is 4. The number of anilines is 1. The summed E-state index contributed by atoms with van der Waals surface area (Å²) in [6, 6.07) is 1.85. The van der Waals surface area contributed by atoms with Crippen molar-refractivity contribution in [3.63, 3.8) is 0 Å². The van der Waals surface area contributed by atoms with Gasteiger partial charge in [-0.3, -0.25) is 4.98 Å². The fraction of sp³-hybridized carbons (Fsp3) is 0.381. The Balaban J connectivity index is 2.60. The van der Waals surface area contributed by atoms with E-state index in [2.05, 4.69) is 34.0 Å². The Bertz CT molecular complexity index is 791. The van der Waals surface area contributed by atoms with Gasteiger partial charge in [0.15, 0.2) is 0 Å². The molecular formula is C21H26F2N4. The summed E-state index contributed by atoms with van der Waals surface area (Å²) in [5, 5.41) is 11.8. The molecule has 1 N–H and O–H groups in total. The molecule has 0 fully saturated rings. The van der Waals surface area contributed by atoms with Gasteiger partial charge in [-0.2, -0.15) is 10.2 Å². The molecule has 2 heterocycles. The van der Waals surface area contributed by atoms with Crippen LogP contribution in [0.2, 0.25) is 0 Å².